The Kier molecular flexibility index (Phi) is 5.20. The third-order valence-electron chi connectivity index (χ3n) is 4.53. The zero-order valence-electron chi connectivity index (χ0n) is 15.4. The van der Waals surface area contributed by atoms with Crippen molar-refractivity contribution in [2.45, 2.75) is 32.4 Å². The molecule has 0 bridgehead atoms. The van der Waals surface area contributed by atoms with Crippen LogP contribution in [-0.4, -0.2) is 26.3 Å². The van der Waals surface area contributed by atoms with Crippen molar-refractivity contribution < 1.29 is 9.90 Å². The zero-order valence-corrected chi connectivity index (χ0v) is 15.4. The topological polar surface area (TPSA) is 59.5 Å². The molecule has 0 spiro atoms. The van der Waals surface area contributed by atoms with Crippen molar-refractivity contribution in [1.82, 2.24) is 9.78 Å². The van der Waals surface area contributed by atoms with Crippen LogP contribution in [0.15, 0.2) is 60.8 Å². The molecule has 2 aromatic carbocycles. The first kappa shape index (κ1) is 18.6. The molecule has 1 heterocycles. The summed E-state index contributed by atoms with van der Waals surface area (Å²) in [5, 5.41) is 15.2. The maximum atomic E-state index is 12.6. The maximum Gasteiger partial charge on any atom is 0.190 e. The Bertz CT molecular complexity index is 998. The Balaban J connectivity index is 1.71. The molecule has 0 saturated heterocycles. The number of Topliss-reactive ketones (excluding diaryl/α,β-unsaturated/α-hetero) is 1. The molecule has 0 aliphatic carbocycles. The van der Waals surface area contributed by atoms with Gasteiger partial charge < -0.3 is 5.11 Å². The van der Waals surface area contributed by atoms with Crippen LogP contribution in [0.3, 0.4) is 0 Å². The number of aryl methyl sites for hydroxylation is 1. The summed E-state index contributed by atoms with van der Waals surface area (Å²) in [6.45, 7) is 10.5. The average Bonchev–Trinajstić information content (AvgIpc) is 3.10. The number of benzene rings is 2. The molecule has 3 aromatic rings. The standard InChI is InChI=1S/C22H21N3O2/c1-16-13-17(9-10-19(16)23-3)14-21(26)22(2,27)15-25-12-11-20(24-25)18-7-5-4-6-8-18/h4-13,27H,14-15H2,1-2H3/t22-/m0/s1. The molecule has 0 unspecified atom stereocenters. The number of aliphatic hydroxyl groups is 1. The highest BCUT2D eigenvalue weighted by molar-refractivity contribution is 5.88. The molecule has 27 heavy (non-hydrogen) atoms. The molecule has 0 amide bonds. The van der Waals surface area contributed by atoms with Crippen molar-refractivity contribution in [2.24, 2.45) is 0 Å². The van der Waals surface area contributed by atoms with Crippen molar-refractivity contribution >= 4 is 11.5 Å². The summed E-state index contributed by atoms with van der Waals surface area (Å²) >= 11 is 0. The van der Waals surface area contributed by atoms with Crippen LogP contribution in [0.2, 0.25) is 0 Å². The molecule has 5 nitrogen and oxygen atoms in total. The molecular weight excluding hydrogens is 338 g/mol. The van der Waals surface area contributed by atoms with Crippen molar-refractivity contribution in [2.75, 3.05) is 0 Å². The summed E-state index contributed by atoms with van der Waals surface area (Å²) in [5.74, 6) is -0.283. The molecular formula is C22H21N3O2. The van der Waals surface area contributed by atoms with Crippen LogP contribution >= 0.6 is 0 Å². The van der Waals surface area contributed by atoms with Crippen LogP contribution in [-0.2, 0) is 17.8 Å². The maximum absolute atomic E-state index is 12.6. The number of ketones is 1. The average molecular weight is 359 g/mol. The number of aromatic nitrogens is 2. The molecule has 5 heteroatoms. The van der Waals surface area contributed by atoms with Crippen LogP contribution in [0.5, 0.6) is 0 Å². The van der Waals surface area contributed by atoms with Crippen molar-refractivity contribution in [3.8, 4) is 11.3 Å². The van der Waals surface area contributed by atoms with Crippen molar-refractivity contribution in [3.63, 3.8) is 0 Å². The van der Waals surface area contributed by atoms with Gasteiger partial charge in [-0.1, -0.05) is 48.5 Å². The van der Waals surface area contributed by atoms with Gasteiger partial charge >= 0.3 is 0 Å². The molecule has 1 N–H and O–H groups in total. The molecule has 0 radical (unpaired) electrons. The fourth-order valence-electron chi connectivity index (χ4n) is 2.95. The second-order valence-electron chi connectivity index (χ2n) is 6.87. The Morgan fingerprint density at radius 1 is 1.22 bits per heavy atom. The lowest BCUT2D eigenvalue weighted by molar-refractivity contribution is -0.136. The molecule has 136 valence electrons. The van der Waals surface area contributed by atoms with Gasteiger partial charge in [-0.3, -0.25) is 9.48 Å². The van der Waals surface area contributed by atoms with Gasteiger partial charge in [-0.2, -0.15) is 5.10 Å². The van der Waals surface area contributed by atoms with E-state index in [1.54, 1.807) is 23.0 Å². The fourth-order valence-corrected chi connectivity index (χ4v) is 2.95. The van der Waals surface area contributed by atoms with Gasteiger partial charge in [-0.15, -0.1) is 0 Å². The van der Waals surface area contributed by atoms with E-state index in [-0.39, 0.29) is 18.7 Å². The van der Waals surface area contributed by atoms with Crippen LogP contribution in [0, 0.1) is 13.5 Å². The van der Waals surface area contributed by atoms with E-state index in [1.165, 1.54) is 6.92 Å². The first-order valence-corrected chi connectivity index (χ1v) is 8.70. The van der Waals surface area contributed by atoms with Gasteiger partial charge in [0.15, 0.2) is 11.5 Å². The van der Waals surface area contributed by atoms with E-state index in [9.17, 15) is 9.90 Å². The number of hydrogen-bond donors (Lipinski definition) is 1. The minimum Gasteiger partial charge on any atom is -0.380 e. The highest BCUT2D eigenvalue weighted by Crippen LogP contribution is 2.22. The monoisotopic (exact) mass is 359 g/mol. The highest BCUT2D eigenvalue weighted by Gasteiger charge is 2.31. The summed E-state index contributed by atoms with van der Waals surface area (Å²) in [6.07, 6.45) is 1.87. The van der Waals surface area contributed by atoms with Gasteiger partial charge in [0.25, 0.3) is 0 Å². The summed E-state index contributed by atoms with van der Waals surface area (Å²) in [7, 11) is 0. The third kappa shape index (κ3) is 4.30. The Hall–Kier alpha value is -3.23. The van der Waals surface area contributed by atoms with Gasteiger partial charge in [-0.25, -0.2) is 4.85 Å². The summed E-state index contributed by atoms with van der Waals surface area (Å²) in [6, 6.07) is 16.9. The second kappa shape index (κ2) is 7.56. The first-order chi connectivity index (χ1) is 12.9. The minimum atomic E-state index is -1.54. The van der Waals surface area contributed by atoms with Gasteiger partial charge in [0.2, 0.25) is 0 Å². The van der Waals surface area contributed by atoms with E-state index < -0.39 is 5.60 Å². The predicted molar refractivity (Wildman–Crippen MR) is 104 cm³/mol. The van der Waals surface area contributed by atoms with E-state index in [0.29, 0.717) is 5.69 Å². The zero-order chi connectivity index (χ0) is 19.4. The molecule has 0 aliphatic rings. The van der Waals surface area contributed by atoms with E-state index in [2.05, 4.69) is 9.94 Å². The SMILES string of the molecule is [C-]#[N+]c1ccc(CC(=O)[C@@](C)(O)Cn2ccc(-c3ccccc3)n2)cc1C. The lowest BCUT2D eigenvalue weighted by Crippen LogP contribution is -2.40. The van der Waals surface area contributed by atoms with Gasteiger partial charge in [-0.05, 0) is 31.0 Å². The van der Waals surface area contributed by atoms with Crippen LogP contribution in [0.1, 0.15) is 18.1 Å². The Labute approximate surface area is 158 Å². The van der Waals surface area contributed by atoms with E-state index >= 15 is 0 Å². The number of hydrogen-bond acceptors (Lipinski definition) is 3. The fraction of sp³-hybridized carbons (Fsp3) is 0.227. The quantitative estimate of drug-likeness (QED) is 0.678. The number of carbonyl (C=O) groups excluding carboxylic acids is 1. The lowest BCUT2D eigenvalue weighted by Gasteiger charge is -2.22. The molecule has 0 saturated carbocycles. The van der Waals surface area contributed by atoms with E-state index in [4.69, 9.17) is 6.57 Å². The second-order valence-corrected chi connectivity index (χ2v) is 6.87. The van der Waals surface area contributed by atoms with Crippen molar-refractivity contribution in [1.29, 1.82) is 0 Å². The van der Waals surface area contributed by atoms with Gasteiger partial charge in [0.05, 0.1) is 18.8 Å². The number of carbonyl (C=O) groups is 1. The van der Waals surface area contributed by atoms with Crippen molar-refractivity contribution in [3.05, 3.63) is 83.3 Å². The van der Waals surface area contributed by atoms with Gasteiger partial charge in [0.1, 0.15) is 5.60 Å². The molecule has 1 atom stereocenters. The normalized spacial score (nSPS) is 13.0. The van der Waals surface area contributed by atoms with Crippen LogP contribution < -0.4 is 0 Å². The molecule has 1 aromatic heterocycles. The minimum absolute atomic E-state index is 0.0811. The molecule has 0 fully saturated rings. The van der Waals surface area contributed by atoms with E-state index in [0.717, 1.165) is 22.4 Å². The predicted octanol–water partition coefficient (Wildman–Crippen LogP) is 3.97. The van der Waals surface area contributed by atoms with Crippen LogP contribution in [0.4, 0.5) is 5.69 Å². The number of rotatable bonds is 6. The molecule has 0 aliphatic heterocycles. The third-order valence-corrected chi connectivity index (χ3v) is 4.53. The van der Waals surface area contributed by atoms with E-state index in [1.807, 2.05) is 49.4 Å². The van der Waals surface area contributed by atoms with Gasteiger partial charge in [0, 0.05) is 18.2 Å². The summed E-state index contributed by atoms with van der Waals surface area (Å²) in [4.78, 5) is 16.1. The summed E-state index contributed by atoms with van der Waals surface area (Å²) in [5.41, 5.74) is 2.43. The largest absolute Gasteiger partial charge is 0.380 e. The smallest absolute Gasteiger partial charge is 0.190 e. The number of nitrogens with zero attached hydrogens (tertiary/aromatic N) is 3. The summed E-state index contributed by atoms with van der Waals surface area (Å²) < 4.78 is 1.59. The van der Waals surface area contributed by atoms with Crippen LogP contribution in [0.25, 0.3) is 16.1 Å². The first-order valence-electron chi connectivity index (χ1n) is 8.70. The Morgan fingerprint density at radius 3 is 2.63 bits per heavy atom. The highest BCUT2D eigenvalue weighted by atomic mass is 16.3. The molecule has 3 rings (SSSR count). The lowest BCUT2D eigenvalue weighted by atomic mass is 9.94. The Morgan fingerprint density at radius 2 is 1.96 bits per heavy atom.